The van der Waals surface area contributed by atoms with Crippen LogP contribution in [0.15, 0.2) is 46.2 Å². The molecule has 0 aliphatic heterocycles. The van der Waals surface area contributed by atoms with Crippen LogP contribution in [0.25, 0.3) is 11.3 Å². The molecule has 3 rings (SSSR count). The molecule has 0 aliphatic carbocycles. The fourth-order valence-electron chi connectivity index (χ4n) is 1.67. The van der Waals surface area contributed by atoms with Crippen LogP contribution in [-0.4, -0.2) is 20.1 Å². The van der Waals surface area contributed by atoms with Crippen LogP contribution in [0.5, 0.6) is 0 Å². The van der Waals surface area contributed by atoms with Crippen LogP contribution >= 0.6 is 11.8 Å². The molecule has 0 saturated heterocycles. The first-order valence-electron chi connectivity index (χ1n) is 5.84. The molecule has 2 heterocycles. The number of rotatable bonds is 4. The summed E-state index contributed by atoms with van der Waals surface area (Å²) in [4.78, 5) is 11.8. The second kappa shape index (κ2) is 5.27. The molecule has 0 radical (unpaired) electrons. The molecule has 1 aromatic carbocycles. The second-order valence-corrected chi connectivity index (χ2v) is 4.96. The van der Waals surface area contributed by atoms with E-state index < -0.39 is 0 Å². The van der Waals surface area contributed by atoms with Crippen molar-refractivity contribution in [2.75, 3.05) is 0 Å². The molecule has 0 aliphatic rings. The third kappa shape index (κ3) is 2.85. The molecule has 1 N–H and O–H groups in total. The predicted molar refractivity (Wildman–Crippen MR) is 72.6 cm³/mol. The highest BCUT2D eigenvalue weighted by Gasteiger charge is 2.07. The van der Waals surface area contributed by atoms with E-state index in [-0.39, 0.29) is 0 Å². The number of hydrogen-bond donors (Lipinski definition) is 1. The number of thioether (sulfide) groups is 1. The van der Waals surface area contributed by atoms with Crippen molar-refractivity contribution in [3.63, 3.8) is 0 Å². The van der Waals surface area contributed by atoms with Crippen molar-refractivity contribution in [3.05, 3.63) is 48.2 Å². The zero-order chi connectivity index (χ0) is 13.1. The third-order valence-electron chi connectivity index (χ3n) is 2.54. The van der Waals surface area contributed by atoms with E-state index in [2.05, 4.69) is 20.1 Å². The standard InChI is InChI=1S/C13H12N4OS/c1-9-15-12(18-17-9)8-19-13-14-7-11(16-13)10-5-3-2-4-6-10/h2-7H,8H2,1H3,(H,14,16). The molecule has 0 fully saturated rings. The molecule has 2 aromatic heterocycles. The van der Waals surface area contributed by atoms with Gasteiger partial charge in [-0.25, -0.2) is 4.98 Å². The Morgan fingerprint density at radius 2 is 2.11 bits per heavy atom. The van der Waals surface area contributed by atoms with Gasteiger partial charge in [0.1, 0.15) is 0 Å². The summed E-state index contributed by atoms with van der Waals surface area (Å²) in [6.07, 6.45) is 1.83. The van der Waals surface area contributed by atoms with Gasteiger partial charge in [-0.05, 0) is 12.5 Å². The highest BCUT2D eigenvalue weighted by atomic mass is 32.2. The van der Waals surface area contributed by atoms with Crippen molar-refractivity contribution in [3.8, 4) is 11.3 Å². The Bertz CT molecular complexity index is 662. The number of aromatic amines is 1. The largest absolute Gasteiger partial charge is 0.338 e. The molecule has 0 bridgehead atoms. The highest BCUT2D eigenvalue weighted by molar-refractivity contribution is 7.98. The van der Waals surface area contributed by atoms with E-state index in [1.54, 1.807) is 6.92 Å². The molecule has 0 spiro atoms. The fraction of sp³-hybridized carbons (Fsp3) is 0.154. The van der Waals surface area contributed by atoms with Gasteiger partial charge in [0.05, 0.1) is 17.6 Å². The van der Waals surface area contributed by atoms with E-state index in [4.69, 9.17) is 4.52 Å². The van der Waals surface area contributed by atoms with Gasteiger partial charge in [-0.3, -0.25) is 0 Å². The Kier molecular flexibility index (Phi) is 3.33. The van der Waals surface area contributed by atoms with E-state index in [0.29, 0.717) is 17.5 Å². The molecule has 0 unspecified atom stereocenters. The van der Waals surface area contributed by atoms with E-state index in [1.165, 1.54) is 11.8 Å². The van der Waals surface area contributed by atoms with Crippen molar-refractivity contribution < 1.29 is 4.52 Å². The quantitative estimate of drug-likeness (QED) is 0.739. The lowest BCUT2D eigenvalue weighted by Gasteiger charge is -1.95. The Morgan fingerprint density at radius 1 is 1.26 bits per heavy atom. The predicted octanol–water partition coefficient (Wildman–Crippen LogP) is 3.06. The van der Waals surface area contributed by atoms with Crippen LogP contribution in [-0.2, 0) is 5.75 Å². The molecule has 3 aromatic rings. The number of H-pyrrole nitrogens is 1. The molecule has 6 heteroatoms. The summed E-state index contributed by atoms with van der Waals surface area (Å²) in [7, 11) is 0. The topological polar surface area (TPSA) is 67.6 Å². The lowest BCUT2D eigenvalue weighted by Crippen LogP contribution is -1.82. The summed E-state index contributed by atoms with van der Waals surface area (Å²) >= 11 is 1.54. The Labute approximate surface area is 114 Å². The molecule has 19 heavy (non-hydrogen) atoms. The lowest BCUT2D eigenvalue weighted by molar-refractivity contribution is 0.387. The zero-order valence-corrected chi connectivity index (χ0v) is 11.1. The van der Waals surface area contributed by atoms with Crippen LogP contribution in [0.1, 0.15) is 11.7 Å². The summed E-state index contributed by atoms with van der Waals surface area (Å²) in [6.45, 7) is 1.80. The van der Waals surface area contributed by atoms with E-state index in [9.17, 15) is 0 Å². The number of aromatic nitrogens is 4. The monoisotopic (exact) mass is 272 g/mol. The normalized spacial score (nSPS) is 10.8. The third-order valence-corrected chi connectivity index (χ3v) is 3.41. The van der Waals surface area contributed by atoms with Gasteiger partial charge >= 0.3 is 0 Å². The maximum absolute atomic E-state index is 5.05. The maximum Gasteiger partial charge on any atom is 0.237 e. The minimum absolute atomic E-state index is 0.611. The molecule has 0 atom stereocenters. The summed E-state index contributed by atoms with van der Waals surface area (Å²) < 4.78 is 5.05. The van der Waals surface area contributed by atoms with Crippen molar-refractivity contribution in [2.45, 2.75) is 17.8 Å². The number of imidazole rings is 1. The van der Waals surface area contributed by atoms with Crippen molar-refractivity contribution in [2.24, 2.45) is 0 Å². The fourth-order valence-corrected chi connectivity index (χ4v) is 2.36. The van der Waals surface area contributed by atoms with E-state index in [1.807, 2.05) is 36.5 Å². The zero-order valence-electron chi connectivity index (χ0n) is 10.3. The van der Waals surface area contributed by atoms with Gasteiger partial charge in [-0.15, -0.1) is 0 Å². The summed E-state index contributed by atoms with van der Waals surface area (Å²) in [5.41, 5.74) is 2.13. The van der Waals surface area contributed by atoms with Gasteiger partial charge in [0.25, 0.3) is 0 Å². The van der Waals surface area contributed by atoms with Crippen LogP contribution < -0.4 is 0 Å². The van der Waals surface area contributed by atoms with Gasteiger partial charge < -0.3 is 9.51 Å². The van der Waals surface area contributed by atoms with Gasteiger partial charge in [0.2, 0.25) is 5.89 Å². The van der Waals surface area contributed by atoms with Crippen LogP contribution in [0.3, 0.4) is 0 Å². The average Bonchev–Trinajstić information content (AvgIpc) is 3.06. The number of nitrogens with one attached hydrogen (secondary N) is 1. The summed E-state index contributed by atoms with van der Waals surface area (Å²) in [5.74, 6) is 1.88. The highest BCUT2D eigenvalue weighted by Crippen LogP contribution is 2.23. The van der Waals surface area contributed by atoms with Crippen LogP contribution in [0, 0.1) is 6.92 Å². The molecule has 0 saturated carbocycles. The van der Waals surface area contributed by atoms with Crippen LogP contribution in [0.4, 0.5) is 0 Å². The maximum atomic E-state index is 5.05. The van der Waals surface area contributed by atoms with E-state index >= 15 is 0 Å². The average molecular weight is 272 g/mol. The van der Waals surface area contributed by atoms with Gasteiger partial charge in [0, 0.05) is 0 Å². The SMILES string of the molecule is Cc1noc(CSc2ncc(-c3ccccc3)[nH]2)n1. The minimum Gasteiger partial charge on any atom is -0.338 e. The smallest absolute Gasteiger partial charge is 0.237 e. The first-order chi connectivity index (χ1) is 9.31. The number of nitrogens with zero attached hydrogens (tertiary/aromatic N) is 3. The number of aryl methyl sites for hydroxylation is 1. The summed E-state index contributed by atoms with van der Waals surface area (Å²) in [6, 6.07) is 10.1. The number of benzene rings is 1. The van der Waals surface area contributed by atoms with Gasteiger partial charge in [-0.2, -0.15) is 4.98 Å². The molecule has 5 nitrogen and oxygen atoms in total. The number of hydrogen-bond acceptors (Lipinski definition) is 5. The van der Waals surface area contributed by atoms with Crippen molar-refractivity contribution in [1.29, 1.82) is 0 Å². The summed E-state index contributed by atoms with van der Waals surface area (Å²) in [5, 5.41) is 4.59. The van der Waals surface area contributed by atoms with Gasteiger partial charge in [-0.1, -0.05) is 47.3 Å². The first-order valence-corrected chi connectivity index (χ1v) is 6.82. The first kappa shape index (κ1) is 12.0. The van der Waals surface area contributed by atoms with Crippen LogP contribution in [0.2, 0.25) is 0 Å². The molecular formula is C13H12N4OS. The second-order valence-electron chi connectivity index (χ2n) is 3.99. The lowest BCUT2D eigenvalue weighted by atomic mass is 10.2. The molecule has 0 amide bonds. The minimum atomic E-state index is 0.611. The van der Waals surface area contributed by atoms with Crippen molar-refractivity contribution >= 4 is 11.8 Å². The Hall–Kier alpha value is -2.08. The van der Waals surface area contributed by atoms with E-state index in [0.717, 1.165) is 16.4 Å². The molecule has 96 valence electrons. The molecular weight excluding hydrogens is 260 g/mol. The Morgan fingerprint density at radius 3 is 2.84 bits per heavy atom. The van der Waals surface area contributed by atoms with Crippen molar-refractivity contribution in [1.82, 2.24) is 20.1 Å². The Balaban J connectivity index is 1.68. The van der Waals surface area contributed by atoms with Gasteiger partial charge in [0.15, 0.2) is 11.0 Å².